The number of amides is 2. The molecule has 0 heterocycles. The van der Waals surface area contributed by atoms with Crippen LogP contribution in [0.1, 0.15) is 43.0 Å². The molecule has 0 aliphatic heterocycles. The number of anilines is 4. The fourth-order valence-corrected chi connectivity index (χ4v) is 3.30. The number of nitrogens with one attached hydrogen (secondary N) is 2. The van der Waals surface area contributed by atoms with Gasteiger partial charge in [-0.15, -0.1) is 0 Å². The second-order valence-corrected chi connectivity index (χ2v) is 7.66. The van der Waals surface area contributed by atoms with Gasteiger partial charge in [-0.2, -0.15) is 0 Å². The molecule has 6 N–H and O–H groups in total. The van der Waals surface area contributed by atoms with E-state index in [0.29, 0.717) is 33.9 Å². The minimum Gasteiger partial charge on any atom is -0.399 e. The third-order valence-corrected chi connectivity index (χ3v) is 4.85. The molecule has 0 saturated heterocycles. The summed E-state index contributed by atoms with van der Waals surface area (Å²) >= 11 is 0. The largest absolute Gasteiger partial charge is 0.399 e. The predicted molar refractivity (Wildman–Crippen MR) is 123 cm³/mol. The van der Waals surface area contributed by atoms with Crippen molar-refractivity contribution in [1.29, 1.82) is 0 Å². The van der Waals surface area contributed by atoms with Gasteiger partial charge in [-0.05, 0) is 98.5 Å². The van der Waals surface area contributed by atoms with Gasteiger partial charge in [0, 0.05) is 22.5 Å². The Morgan fingerprint density at radius 2 is 0.967 bits per heavy atom. The molecular weight excluding hydrogens is 376 g/mol. The van der Waals surface area contributed by atoms with Gasteiger partial charge >= 0.3 is 0 Å². The van der Waals surface area contributed by atoms with Gasteiger partial charge in [-0.25, -0.2) is 0 Å². The number of hydrogen-bond acceptors (Lipinski definition) is 4. The van der Waals surface area contributed by atoms with E-state index < -0.39 is 0 Å². The molecule has 0 bridgehead atoms. The summed E-state index contributed by atoms with van der Waals surface area (Å²) in [6, 6.07) is 14.0. The van der Waals surface area contributed by atoms with E-state index in [1.54, 1.807) is 36.4 Å². The summed E-state index contributed by atoms with van der Waals surface area (Å²) in [4.78, 5) is 25.6. The highest BCUT2D eigenvalue weighted by atomic mass is 16.2. The zero-order chi connectivity index (χ0) is 22.0. The first kappa shape index (κ1) is 20.9. The molecule has 0 aliphatic carbocycles. The Morgan fingerprint density at radius 1 is 0.600 bits per heavy atom. The van der Waals surface area contributed by atoms with E-state index in [-0.39, 0.29) is 11.8 Å². The summed E-state index contributed by atoms with van der Waals surface area (Å²) < 4.78 is 0. The van der Waals surface area contributed by atoms with E-state index in [1.807, 2.05) is 39.8 Å². The topological polar surface area (TPSA) is 110 Å². The summed E-state index contributed by atoms with van der Waals surface area (Å²) in [5.74, 6) is -0.604. The normalized spacial score (nSPS) is 10.5. The van der Waals surface area contributed by atoms with E-state index in [4.69, 9.17) is 11.5 Å². The van der Waals surface area contributed by atoms with Gasteiger partial charge in [0.1, 0.15) is 0 Å². The fraction of sp³-hybridized carbons (Fsp3) is 0.167. The van der Waals surface area contributed by atoms with Crippen molar-refractivity contribution in [3.05, 3.63) is 81.9 Å². The molecule has 0 fully saturated rings. The van der Waals surface area contributed by atoms with Gasteiger partial charge in [0.25, 0.3) is 11.8 Å². The number of benzene rings is 3. The van der Waals surface area contributed by atoms with Crippen molar-refractivity contribution in [2.24, 2.45) is 0 Å². The van der Waals surface area contributed by atoms with Crippen molar-refractivity contribution in [3.63, 3.8) is 0 Å². The van der Waals surface area contributed by atoms with Gasteiger partial charge in [0.2, 0.25) is 0 Å². The van der Waals surface area contributed by atoms with Crippen LogP contribution in [-0.2, 0) is 0 Å². The van der Waals surface area contributed by atoms with Crippen LogP contribution in [0.4, 0.5) is 22.7 Å². The molecule has 154 valence electrons. The summed E-state index contributed by atoms with van der Waals surface area (Å²) in [6.45, 7) is 7.65. The molecule has 6 heteroatoms. The second kappa shape index (κ2) is 8.29. The highest BCUT2D eigenvalue weighted by Gasteiger charge is 2.15. The Balaban J connectivity index is 1.92. The van der Waals surface area contributed by atoms with Crippen molar-refractivity contribution in [1.82, 2.24) is 0 Å². The number of rotatable bonds is 4. The van der Waals surface area contributed by atoms with Crippen molar-refractivity contribution < 1.29 is 9.59 Å². The van der Waals surface area contributed by atoms with Crippen molar-refractivity contribution in [3.8, 4) is 0 Å². The Morgan fingerprint density at radius 3 is 1.30 bits per heavy atom. The number of aryl methyl sites for hydroxylation is 4. The highest BCUT2D eigenvalue weighted by Crippen LogP contribution is 2.28. The van der Waals surface area contributed by atoms with E-state index in [2.05, 4.69) is 10.6 Å². The molecule has 0 atom stereocenters. The number of carbonyl (C=O) groups is 2. The minimum atomic E-state index is -0.302. The van der Waals surface area contributed by atoms with Crippen molar-refractivity contribution in [2.45, 2.75) is 27.7 Å². The lowest BCUT2D eigenvalue weighted by atomic mass is 10.1. The van der Waals surface area contributed by atoms with Crippen LogP contribution < -0.4 is 22.1 Å². The van der Waals surface area contributed by atoms with E-state index in [0.717, 1.165) is 22.3 Å². The van der Waals surface area contributed by atoms with E-state index in [1.165, 1.54) is 0 Å². The number of nitrogen functional groups attached to an aromatic ring is 2. The Bertz CT molecular complexity index is 1020. The maximum Gasteiger partial charge on any atom is 0.255 e. The minimum absolute atomic E-state index is 0.302. The molecule has 3 aromatic rings. The highest BCUT2D eigenvalue weighted by molar-refractivity contribution is 6.10. The monoisotopic (exact) mass is 402 g/mol. The van der Waals surface area contributed by atoms with Crippen molar-refractivity contribution in [2.75, 3.05) is 22.1 Å². The molecule has 3 aromatic carbocycles. The molecule has 6 nitrogen and oxygen atoms in total. The average Bonchev–Trinajstić information content (AvgIpc) is 2.64. The first-order valence-corrected chi connectivity index (χ1v) is 9.60. The third kappa shape index (κ3) is 4.78. The summed E-state index contributed by atoms with van der Waals surface area (Å²) in [6.07, 6.45) is 0. The van der Waals surface area contributed by atoms with Crippen LogP contribution in [0.15, 0.2) is 48.5 Å². The quantitative estimate of drug-likeness (QED) is 0.478. The second-order valence-electron chi connectivity index (χ2n) is 7.66. The first-order valence-electron chi connectivity index (χ1n) is 9.60. The van der Waals surface area contributed by atoms with Crippen LogP contribution in [0.25, 0.3) is 0 Å². The lowest BCUT2D eigenvalue weighted by molar-refractivity contribution is 0.101. The summed E-state index contributed by atoms with van der Waals surface area (Å²) in [5.41, 5.74) is 18.5. The van der Waals surface area contributed by atoms with Crippen LogP contribution in [0.2, 0.25) is 0 Å². The maximum atomic E-state index is 12.8. The van der Waals surface area contributed by atoms with Gasteiger partial charge in [0.15, 0.2) is 0 Å². The van der Waals surface area contributed by atoms with Crippen molar-refractivity contribution >= 4 is 34.6 Å². The standard InChI is InChI=1S/C24H26N4O2/c1-13-5-17(11-19(25)7-13)23(29)27-21-9-15(3)16(4)10-22(21)28-24(30)18-6-14(2)8-20(26)12-18/h5-12H,25-26H2,1-4H3,(H,27,29)(H,28,30). The third-order valence-electron chi connectivity index (χ3n) is 4.85. The number of nitrogens with two attached hydrogens (primary N) is 2. The molecule has 0 spiro atoms. The molecule has 0 radical (unpaired) electrons. The molecule has 0 unspecified atom stereocenters. The molecule has 2 amide bonds. The zero-order valence-electron chi connectivity index (χ0n) is 17.6. The Kier molecular flexibility index (Phi) is 5.78. The lowest BCUT2D eigenvalue weighted by Crippen LogP contribution is -2.18. The molecule has 0 aliphatic rings. The zero-order valence-corrected chi connectivity index (χ0v) is 17.6. The smallest absolute Gasteiger partial charge is 0.255 e. The summed E-state index contributed by atoms with van der Waals surface area (Å²) in [7, 11) is 0. The lowest BCUT2D eigenvalue weighted by Gasteiger charge is -2.16. The van der Waals surface area contributed by atoms with Gasteiger partial charge in [-0.1, -0.05) is 0 Å². The Hall–Kier alpha value is -3.80. The number of carbonyl (C=O) groups excluding carboxylic acids is 2. The Labute approximate surface area is 176 Å². The number of hydrogen-bond donors (Lipinski definition) is 4. The van der Waals surface area contributed by atoms with Crippen LogP contribution >= 0.6 is 0 Å². The SMILES string of the molecule is Cc1cc(N)cc(C(=O)Nc2cc(C)c(C)cc2NC(=O)c2cc(C)cc(N)c2)c1. The first-order chi connectivity index (χ1) is 14.1. The average molecular weight is 402 g/mol. The van der Waals surface area contributed by atoms with E-state index >= 15 is 0 Å². The van der Waals surface area contributed by atoms with Gasteiger partial charge < -0.3 is 22.1 Å². The van der Waals surface area contributed by atoms with Crippen LogP contribution in [0, 0.1) is 27.7 Å². The molecule has 3 rings (SSSR count). The molecule has 0 saturated carbocycles. The van der Waals surface area contributed by atoms with Gasteiger partial charge in [-0.3, -0.25) is 9.59 Å². The van der Waals surface area contributed by atoms with Gasteiger partial charge in [0.05, 0.1) is 11.4 Å². The molecule has 0 aromatic heterocycles. The fourth-order valence-electron chi connectivity index (χ4n) is 3.30. The summed E-state index contributed by atoms with van der Waals surface area (Å²) in [5, 5.41) is 5.79. The van der Waals surface area contributed by atoms with Crippen LogP contribution in [-0.4, -0.2) is 11.8 Å². The molecular formula is C24H26N4O2. The molecule has 30 heavy (non-hydrogen) atoms. The van der Waals surface area contributed by atoms with Crippen LogP contribution in [0.3, 0.4) is 0 Å². The van der Waals surface area contributed by atoms with Crippen LogP contribution in [0.5, 0.6) is 0 Å². The predicted octanol–water partition coefficient (Wildman–Crippen LogP) is 4.59. The maximum absolute atomic E-state index is 12.8. The van der Waals surface area contributed by atoms with E-state index in [9.17, 15) is 9.59 Å².